The normalized spacial score (nSPS) is 18.1. The summed E-state index contributed by atoms with van der Waals surface area (Å²) in [5, 5.41) is 11.8. The molecule has 0 saturated carbocycles. The highest BCUT2D eigenvalue weighted by Crippen LogP contribution is 2.03. The van der Waals surface area contributed by atoms with Crippen molar-refractivity contribution in [1.29, 1.82) is 0 Å². The Labute approximate surface area is 64.7 Å². The van der Waals surface area contributed by atoms with E-state index in [-0.39, 0.29) is 0 Å². The van der Waals surface area contributed by atoms with E-state index in [1.54, 1.807) is 30.6 Å². The first-order valence-electron chi connectivity index (χ1n) is 3.27. The Morgan fingerprint density at radius 2 is 2.36 bits per heavy atom. The van der Waals surface area contributed by atoms with Crippen LogP contribution in [0.4, 0.5) is 0 Å². The van der Waals surface area contributed by atoms with Crippen LogP contribution in [0.2, 0.25) is 0 Å². The van der Waals surface area contributed by atoms with Crippen molar-refractivity contribution in [3.8, 4) is 0 Å². The van der Waals surface area contributed by atoms with Crippen molar-refractivity contribution in [3.63, 3.8) is 0 Å². The number of aldehydes is 1. The standard InChI is InChI=1S/C8H9NO2/c10-6-8(11)7-3-1-2-4-9-5-7/h1-6,8-9,11H. The van der Waals surface area contributed by atoms with Crippen molar-refractivity contribution in [2.75, 3.05) is 0 Å². The largest absolute Gasteiger partial charge is 0.381 e. The second-order valence-corrected chi connectivity index (χ2v) is 2.11. The topological polar surface area (TPSA) is 49.3 Å². The molecule has 1 atom stereocenters. The second-order valence-electron chi connectivity index (χ2n) is 2.11. The Morgan fingerprint density at radius 1 is 1.55 bits per heavy atom. The van der Waals surface area contributed by atoms with Crippen molar-refractivity contribution < 1.29 is 9.90 Å². The summed E-state index contributed by atoms with van der Waals surface area (Å²) < 4.78 is 0. The van der Waals surface area contributed by atoms with Crippen LogP contribution in [0.1, 0.15) is 0 Å². The van der Waals surface area contributed by atoms with Gasteiger partial charge in [0.2, 0.25) is 0 Å². The van der Waals surface area contributed by atoms with Gasteiger partial charge in [-0.15, -0.1) is 0 Å². The quantitative estimate of drug-likeness (QED) is 0.550. The summed E-state index contributed by atoms with van der Waals surface area (Å²) in [7, 11) is 0. The third kappa shape index (κ3) is 2.05. The number of carbonyl (C=O) groups is 1. The summed E-state index contributed by atoms with van der Waals surface area (Å²) in [5.74, 6) is 0. The molecular formula is C8H9NO2. The zero-order chi connectivity index (χ0) is 8.10. The molecule has 0 bridgehead atoms. The predicted octanol–water partition coefficient (Wildman–Crippen LogP) is 0.103. The van der Waals surface area contributed by atoms with Crippen LogP contribution in [0.5, 0.6) is 0 Å². The Bertz CT molecular complexity index is 228. The minimum Gasteiger partial charge on any atom is -0.381 e. The van der Waals surface area contributed by atoms with Crippen LogP contribution in [0.25, 0.3) is 0 Å². The zero-order valence-electron chi connectivity index (χ0n) is 5.90. The molecular weight excluding hydrogens is 142 g/mol. The molecule has 2 N–H and O–H groups in total. The summed E-state index contributed by atoms with van der Waals surface area (Å²) in [6.45, 7) is 0. The lowest BCUT2D eigenvalue weighted by atomic mass is 10.1. The molecule has 1 heterocycles. The average molecular weight is 151 g/mol. The molecule has 0 aliphatic carbocycles. The maximum Gasteiger partial charge on any atom is 0.153 e. The summed E-state index contributed by atoms with van der Waals surface area (Å²) >= 11 is 0. The van der Waals surface area contributed by atoms with Gasteiger partial charge in [-0.3, -0.25) is 0 Å². The van der Waals surface area contributed by atoms with Gasteiger partial charge in [-0.05, 0) is 6.08 Å². The molecule has 3 heteroatoms. The van der Waals surface area contributed by atoms with Gasteiger partial charge in [0, 0.05) is 18.0 Å². The second kappa shape index (κ2) is 3.73. The number of nitrogens with one attached hydrogen (secondary N) is 1. The summed E-state index contributed by atoms with van der Waals surface area (Å²) in [6.07, 6.45) is 7.96. The molecule has 1 rings (SSSR count). The molecule has 0 aromatic heterocycles. The molecule has 1 unspecified atom stereocenters. The minimum atomic E-state index is -1.03. The van der Waals surface area contributed by atoms with Crippen LogP contribution in [0.15, 0.2) is 36.2 Å². The fourth-order valence-electron chi connectivity index (χ4n) is 0.733. The molecule has 1 aliphatic rings. The highest BCUT2D eigenvalue weighted by atomic mass is 16.3. The summed E-state index contributed by atoms with van der Waals surface area (Å²) in [5.41, 5.74) is 0.560. The monoisotopic (exact) mass is 151 g/mol. The van der Waals surface area contributed by atoms with Crippen LogP contribution < -0.4 is 5.32 Å². The van der Waals surface area contributed by atoms with Crippen LogP contribution in [-0.4, -0.2) is 17.5 Å². The first-order valence-corrected chi connectivity index (χ1v) is 3.27. The minimum absolute atomic E-state index is 0.489. The number of rotatable bonds is 2. The van der Waals surface area contributed by atoms with E-state index in [1.807, 2.05) is 0 Å². The SMILES string of the molecule is O=CC(O)C1=CNC=CC=C1. The van der Waals surface area contributed by atoms with Gasteiger partial charge >= 0.3 is 0 Å². The lowest BCUT2D eigenvalue weighted by molar-refractivity contribution is -0.113. The first-order chi connectivity index (χ1) is 5.34. The summed E-state index contributed by atoms with van der Waals surface area (Å²) in [4.78, 5) is 10.1. The molecule has 3 nitrogen and oxygen atoms in total. The highest BCUT2D eigenvalue weighted by molar-refractivity contribution is 5.63. The van der Waals surface area contributed by atoms with Gasteiger partial charge < -0.3 is 15.2 Å². The van der Waals surface area contributed by atoms with E-state index < -0.39 is 6.10 Å². The Hall–Kier alpha value is -1.35. The van der Waals surface area contributed by atoms with Crippen molar-refractivity contribution in [3.05, 3.63) is 36.2 Å². The Kier molecular flexibility index (Phi) is 2.63. The van der Waals surface area contributed by atoms with Gasteiger partial charge in [-0.1, -0.05) is 12.2 Å². The molecule has 0 aromatic rings. The molecule has 0 fully saturated rings. The van der Waals surface area contributed by atoms with Gasteiger partial charge in [0.1, 0.15) is 6.10 Å². The average Bonchev–Trinajstić information content (AvgIpc) is 2.30. The highest BCUT2D eigenvalue weighted by Gasteiger charge is 2.05. The van der Waals surface area contributed by atoms with Crippen LogP contribution >= 0.6 is 0 Å². The van der Waals surface area contributed by atoms with E-state index >= 15 is 0 Å². The number of aliphatic hydroxyl groups excluding tert-OH is 1. The molecule has 0 radical (unpaired) electrons. The van der Waals surface area contributed by atoms with Gasteiger partial charge in [0.15, 0.2) is 6.29 Å². The Morgan fingerprint density at radius 3 is 3.09 bits per heavy atom. The van der Waals surface area contributed by atoms with E-state index in [9.17, 15) is 4.79 Å². The Balaban J connectivity index is 2.71. The van der Waals surface area contributed by atoms with E-state index in [4.69, 9.17) is 5.11 Å². The van der Waals surface area contributed by atoms with E-state index in [2.05, 4.69) is 5.32 Å². The smallest absolute Gasteiger partial charge is 0.153 e. The molecule has 58 valence electrons. The number of allylic oxidation sites excluding steroid dienone is 2. The molecule has 0 saturated heterocycles. The van der Waals surface area contributed by atoms with E-state index in [0.29, 0.717) is 11.9 Å². The molecule has 0 spiro atoms. The fraction of sp³-hybridized carbons (Fsp3) is 0.125. The van der Waals surface area contributed by atoms with Gasteiger partial charge in [-0.2, -0.15) is 0 Å². The van der Waals surface area contributed by atoms with Crippen molar-refractivity contribution in [2.24, 2.45) is 0 Å². The number of hydrogen-bond acceptors (Lipinski definition) is 3. The van der Waals surface area contributed by atoms with Crippen molar-refractivity contribution in [2.45, 2.75) is 6.10 Å². The predicted molar refractivity (Wildman–Crippen MR) is 41.6 cm³/mol. The van der Waals surface area contributed by atoms with Crippen LogP contribution in [0.3, 0.4) is 0 Å². The van der Waals surface area contributed by atoms with Gasteiger partial charge in [0.05, 0.1) is 0 Å². The molecule has 1 aliphatic heterocycles. The van der Waals surface area contributed by atoms with Crippen molar-refractivity contribution in [1.82, 2.24) is 5.32 Å². The third-order valence-electron chi connectivity index (χ3n) is 1.31. The maximum absolute atomic E-state index is 10.1. The molecule has 0 amide bonds. The van der Waals surface area contributed by atoms with Crippen LogP contribution in [-0.2, 0) is 4.79 Å². The third-order valence-corrected chi connectivity index (χ3v) is 1.31. The van der Waals surface area contributed by atoms with E-state index in [1.165, 1.54) is 0 Å². The number of aliphatic hydroxyl groups is 1. The van der Waals surface area contributed by atoms with E-state index in [0.717, 1.165) is 0 Å². The fourth-order valence-corrected chi connectivity index (χ4v) is 0.733. The number of carbonyl (C=O) groups excluding carboxylic acids is 1. The van der Waals surface area contributed by atoms with Gasteiger partial charge in [0.25, 0.3) is 0 Å². The van der Waals surface area contributed by atoms with Gasteiger partial charge in [-0.25, -0.2) is 0 Å². The maximum atomic E-state index is 10.1. The first kappa shape index (κ1) is 7.75. The lowest BCUT2D eigenvalue weighted by Gasteiger charge is -2.01. The molecule has 11 heavy (non-hydrogen) atoms. The lowest BCUT2D eigenvalue weighted by Crippen LogP contribution is -2.11. The van der Waals surface area contributed by atoms with Crippen molar-refractivity contribution >= 4 is 6.29 Å². The molecule has 0 aromatic carbocycles. The summed E-state index contributed by atoms with van der Waals surface area (Å²) in [6, 6.07) is 0. The number of hydrogen-bond donors (Lipinski definition) is 2. The van der Waals surface area contributed by atoms with Crippen LogP contribution in [0, 0.1) is 0 Å². The zero-order valence-corrected chi connectivity index (χ0v) is 5.90.